The van der Waals surface area contributed by atoms with Crippen LogP contribution in [-0.2, 0) is 22.7 Å². The minimum Gasteiger partial charge on any atom is -0.395 e. The molecule has 1 heterocycles. The van der Waals surface area contributed by atoms with Gasteiger partial charge in [0.1, 0.15) is 0 Å². The SMILES string of the molecule is O=S(CCO)Cc1nnnn1-c1ccc(C(F)(F)F)cc1. The predicted molar refractivity (Wildman–Crippen MR) is 68.0 cm³/mol. The number of benzene rings is 1. The summed E-state index contributed by atoms with van der Waals surface area (Å²) in [7, 11) is -1.35. The summed E-state index contributed by atoms with van der Waals surface area (Å²) < 4.78 is 50.3. The Morgan fingerprint density at radius 3 is 2.48 bits per heavy atom. The Hall–Kier alpha value is -1.81. The highest BCUT2D eigenvalue weighted by atomic mass is 32.2. The van der Waals surface area contributed by atoms with Crippen LogP contribution in [0.25, 0.3) is 5.69 Å². The number of hydrogen-bond acceptors (Lipinski definition) is 5. The summed E-state index contributed by atoms with van der Waals surface area (Å²) in [5.74, 6) is 0.343. The van der Waals surface area contributed by atoms with Gasteiger partial charge < -0.3 is 5.11 Å². The molecule has 2 rings (SSSR count). The molecule has 0 fully saturated rings. The van der Waals surface area contributed by atoms with Gasteiger partial charge in [0, 0.05) is 16.6 Å². The number of rotatable bonds is 5. The van der Waals surface area contributed by atoms with Gasteiger partial charge in [-0.25, -0.2) is 0 Å². The highest BCUT2D eigenvalue weighted by molar-refractivity contribution is 7.84. The standard InChI is InChI=1S/C11H11F3N4O2S/c12-11(13,14)8-1-3-9(4-2-8)18-10(15-16-17-18)7-21(20)6-5-19/h1-4,19H,5-7H2. The van der Waals surface area contributed by atoms with E-state index in [1.54, 1.807) is 0 Å². The molecule has 0 saturated heterocycles. The van der Waals surface area contributed by atoms with Gasteiger partial charge in [0.15, 0.2) is 5.82 Å². The van der Waals surface area contributed by atoms with Crippen molar-refractivity contribution in [2.24, 2.45) is 0 Å². The zero-order valence-electron chi connectivity index (χ0n) is 10.6. The van der Waals surface area contributed by atoms with E-state index in [4.69, 9.17) is 5.11 Å². The fourth-order valence-electron chi connectivity index (χ4n) is 1.61. The first-order chi connectivity index (χ1) is 9.91. The third kappa shape index (κ3) is 3.85. The molecule has 0 aliphatic carbocycles. The van der Waals surface area contributed by atoms with E-state index >= 15 is 0 Å². The summed E-state index contributed by atoms with van der Waals surface area (Å²) in [5.41, 5.74) is -0.436. The normalized spacial score (nSPS) is 13.3. The summed E-state index contributed by atoms with van der Waals surface area (Å²) in [6, 6.07) is 4.31. The third-order valence-corrected chi connectivity index (χ3v) is 3.80. The van der Waals surface area contributed by atoms with Crippen LogP contribution in [0.1, 0.15) is 11.4 Å². The van der Waals surface area contributed by atoms with Gasteiger partial charge in [-0.15, -0.1) is 5.10 Å². The van der Waals surface area contributed by atoms with E-state index in [1.807, 2.05) is 0 Å². The number of halogens is 3. The molecule has 1 atom stereocenters. The highest BCUT2D eigenvalue weighted by Crippen LogP contribution is 2.29. The second-order valence-electron chi connectivity index (χ2n) is 4.06. The topological polar surface area (TPSA) is 80.9 Å². The van der Waals surface area contributed by atoms with Crippen LogP contribution in [0.3, 0.4) is 0 Å². The van der Waals surface area contributed by atoms with Gasteiger partial charge in [-0.05, 0) is 34.7 Å². The van der Waals surface area contributed by atoms with Crippen molar-refractivity contribution in [1.82, 2.24) is 20.2 Å². The van der Waals surface area contributed by atoms with Gasteiger partial charge in [0.05, 0.1) is 23.6 Å². The van der Waals surface area contributed by atoms with Gasteiger partial charge in [-0.3, -0.25) is 4.21 Å². The molecule has 21 heavy (non-hydrogen) atoms. The molecule has 1 aromatic heterocycles. The lowest BCUT2D eigenvalue weighted by Gasteiger charge is -2.08. The molecule has 0 radical (unpaired) electrons. The zero-order valence-corrected chi connectivity index (χ0v) is 11.4. The summed E-state index contributed by atoms with van der Waals surface area (Å²) >= 11 is 0. The van der Waals surface area contributed by atoms with E-state index in [0.717, 1.165) is 12.1 Å². The average molecular weight is 320 g/mol. The molecule has 0 bridgehead atoms. The number of aromatic nitrogens is 4. The lowest BCUT2D eigenvalue weighted by Crippen LogP contribution is -2.11. The summed E-state index contributed by atoms with van der Waals surface area (Å²) in [6.07, 6.45) is -4.41. The lowest BCUT2D eigenvalue weighted by atomic mass is 10.2. The summed E-state index contributed by atoms with van der Waals surface area (Å²) in [6.45, 7) is -0.228. The minimum absolute atomic E-state index is 0.00851. The predicted octanol–water partition coefficient (Wildman–Crippen LogP) is 0.922. The van der Waals surface area contributed by atoms with E-state index in [0.29, 0.717) is 5.69 Å². The Bertz CT molecular complexity index is 627. The van der Waals surface area contributed by atoms with Crippen molar-refractivity contribution in [3.63, 3.8) is 0 Å². The van der Waals surface area contributed by atoms with Crippen molar-refractivity contribution in [3.8, 4) is 5.69 Å². The number of alkyl halides is 3. The first-order valence-corrected chi connectivity index (χ1v) is 7.31. The van der Waals surface area contributed by atoms with E-state index in [1.165, 1.54) is 16.8 Å². The summed E-state index contributed by atoms with van der Waals surface area (Å²) in [5, 5.41) is 19.5. The van der Waals surface area contributed by atoms with Crippen LogP contribution in [-0.4, -0.2) is 41.9 Å². The smallest absolute Gasteiger partial charge is 0.395 e. The fraction of sp³-hybridized carbons (Fsp3) is 0.364. The fourth-order valence-corrected chi connectivity index (χ4v) is 2.42. The zero-order chi connectivity index (χ0) is 15.5. The van der Waals surface area contributed by atoms with Crippen molar-refractivity contribution in [3.05, 3.63) is 35.7 Å². The largest absolute Gasteiger partial charge is 0.416 e. The number of hydrogen-bond donors (Lipinski definition) is 1. The first kappa shape index (κ1) is 15.6. The number of aliphatic hydroxyl groups is 1. The van der Waals surface area contributed by atoms with Gasteiger partial charge in [-0.2, -0.15) is 17.9 Å². The Balaban J connectivity index is 2.23. The number of aliphatic hydroxyl groups excluding tert-OH is 1. The van der Waals surface area contributed by atoms with Gasteiger partial charge in [0.2, 0.25) is 0 Å². The Kier molecular flexibility index (Phi) is 4.68. The monoisotopic (exact) mass is 320 g/mol. The van der Waals surface area contributed by atoms with E-state index in [2.05, 4.69) is 15.5 Å². The minimum atomic E-state index is -4.41. The van der Waals surface area contributed by atoms with E-state index < -0.39 is 22.5 Å². The van der Waals surface area contributed by atoms with Gasteiger partial charge >= 0.3 is 6.18 Å². The molecular weight excluding hydrogens is 309 g/mol. The van der Waals surface area contributed by atoms with Crippen LogP contribution in [0.15, 0.2) is 24.3 Å². The molecule has 0 spiro atoms. The third-order valence-electron chi connectivity index (χ3n) is 2.58. The van der Waals surface area contributed by atoms with Crippen molar-refractivity contribution in [1.29, 1.82) is 0 Å². The average Bonchev–Trinajstić information content (AvgIpc) is 2.86. The Morgan fingerprint density at radius 2 is 1.90 bits per heavy atom. The second-order valence-corrected chi connectivity index (χ2v) is 5.64. The second kappa shape index (κ2) is 6.31. The Morgan fingerprint density at radius 1 is 1.24 bits per heavy atom. The van der Waals surface area contributed by atoms with Gasteiger partial charge in [-0.1, -0.05) is 0 Å². The molecule has 0 aliphatic heterocycles. The molecule has 114 valence electrons. The van der Waals surface area contributed by atoms with Crippen molar-refractivity contribution >= 4 is 10.8 Å². The number of tetrazole rings is 1. The highest BCUT2D eigenvalue weighted by Gasteiger charge is 2.30. The van der Waals surface area contributed by atoms with Crippen LogP contribution in [0.5, 0.6) is 0 Å². The molecule has 6 nitrogen and oxygen atoms in total. The van der Waals surface area contributed by atoms with Crippen LogP contribution >= 0.6 is 0 Å². The molecule has 10 heteroatoms. The quantitative estimate of drug-likeness (QED) is 0.886. The van der Waals surface area contributed by atoms with Crippen LogP contribution in [0.2, 0.25) is 0 Å². The Labute approximate surface area is 120 Å². The van der Waals surface area contributed by atoms with Crippen molar-refractivity contribution in [2.45, 2.75) is 11.9 Å². The molecular formula is C11H11F3N4O2S. The van der Waals surface area contributed by atoms with Gasteiger partial charge in [0.25, 0.3) is 0 Å². The van der Waals surface area contributed by atoms with E-state index in [9.17, 15) is 17.4 Å². The molecule has 1 N–H and O–H groups in total. The van der Waals surface area contributed by atoms with E-state index in [-0.39, 0.29) is 23.9 Å². The molecule has 1 aromatic carbocycles. The van der Waals surface area contributed by atoms with Crippen LogP contribution in [0, 0.1) is 0 Å². The van der Waals surface area contributed by atoms with Crippen molar-refractivity contribution in [2.75, 3.05) is 12.4 Å². The summed E-state index contributed by atoms with van der Waals surface area (Å²) in [4.78, 5) is 0. The van der Waals surface area contributed by atoms with Crippen molar-refractivity contribution < 1.29 is 22.5 Å². The first-order valence-electron chi connectivity index (χ1n) is 5.82. The molecule has 0 amide bonds. The maximum absolute atomic E-state index is 12.5. The molecule has 2 aromatic rings. The maximum atomic E-state index is 12.5. The van der Waals surface area contributed by atoms with Crippen LogP contribution in [0.4, 0.5) is 13.2 Å². The van der Waals surface area contributed by atoms with Crippen LogP contribution < -0.4 is 0 Å². The lowest BCUT2D eigenvalue weighted by molar-refractivity contribution is -0.137. The number of nitrogens with zero attached hydrogens (tertiary/aromatic N) is 4. The molecule has 0 aliphatic rings. The maximum Gasteiger partial charge on any atom is 0.416 e. The molecule has 0 saturated carbocycles. The molecule has 1 unspecified atom stereocenters.